The van der Waals surface area contributed by atoms with Crippen LogP contribution in [0, 0.1) is 22.7 Å². The van der Waals surface area contributed by atoms with Gasteiger partial charge in [-0.2, -0.15) is 0 Å². The number of hydrogen-bond donors (Lipinski definition) is 8. The first-order valence-electron chi connectivity index (χ1n) is 13.3. The highest BCUT2D eigenvalue weighted by Crippen LogP contribution is 2.32. The van der Waals surface area contributed by atoms with Crippen molar-refractivity contribution >= 4 is 46.7 Å². The molecule has 14 heteroatoms. The summed E-state index contributed by atoms with van der Waals surface area (Å²) in [4.78, 5) is 49.9. The number of carbonyl (C=O) groups excluding carboxylic acids is 4. The average molecular weight is 553 g/mol. The molecule has 0 aliphatic heterocycles. The van der Waals surface area contributed by atoms with Gasteiger partial charge in [0.25, 0.3) is 11.8 Å². The number of aromatic nitrogens is 2. The predicted molar refractivity (Wildman–Crippen MR) is 149 cm³/mol. The van der Waals surface area contributed by atoms with E-state index in [1.54, 1.807) is 24.5 Å². The average Bonchev–Trinajstić information content (AvgIpc) is 3.77. The van der Waals surface area contributed by atoms with Gasteiger partial charge in [0.05, 0.1) is 24.2 Å². The third kappa shape index (κ3) is 8.44. The van der Waals surface area contributed by atoms with E-state index in [9.17, 15) is 19.2 Å². The van der Waals surface area contributed by atoms with Crippen LogP contribution in [-0.2, 0) is 22.7 Å². The van der Waals surface area contributed by atoms with Gasteiger partial charge in [-0.1, -0.05) is 0 Å². The first-order chi connectivity index (χ1) is 19.1. The van der Waals surface area contributed by atoms with Crippen molar-refractivity contribution in [1.82, 2.24) is 19.8 Å². The summed E-state index contributed by atoms with van der Waals surface area (Å²) in [6, 6.07) is 3.17. The standard InChI is InChI=1S/C26H36N10O4/c27-21(28)9-23(37)33-17-7-19(35(13-17)11-15-1-2-15)25(39)31-5-6-32-26(40)20-8-18(34-24(38)10-22(29)30)14-36(20)12-16-3-4-16/h7-8,13-16H,1-6,9-12H2,(H3,27,28)(H3,29,30)(H,31,39)(H,32,40)(H,33,37)(H,34,38). The van der Waals surface area contributed by atoms with E-state index in [1.165, 1.54) is 0 Å². The van der Waals surface area contributed by atoms with Gasteiger partial charge in [0.1, 0.15) is 23.1 Å². The second-order valence-corrected chi connectivity index (χ2v) is 10.4. The maximum absolute atomic E-state index is 12.9. The van der Waals surface area contributed by atoms with Crippen LogP contribution < -0.4 is 32.7 Å². The van der Waals surface area contributed by atoms with Crippen molar-refractivity contribution < 1.29 is 19.2 Å². The number of anilines is 2. The van der Waals surface area contributed by atoms with Crippen molar-refractivity contribution in [2.45, 2.75) is 51.6 Å². The molecule has 0 radical (unpaired) electrons. The van der Waals surface area contributed by atoms with E-state index in [2.05, 4.69) is 21.3 Å². The Labute approximate surface area is 231 Å². The molecule has 0 aromatic carbocycles. The van der Waals surface area contributed by atoms with E-state index in [-0.39, 0.29) is 49.4 Å². The van der Waals surface area contributed by atoms with Crippen molar-refractivity contribution in [3.63, 3.8) is 0 Å². The van der Waals surface area contributed by atoms with Gasteiger partial charge in [-0.3, -0.25) is 30.0 Å². The molecule has 0 unspecified atom stereocenters. The zero-order valence-electron chi connectivity index (χ0n) is 22.2. The Hall–Kier alpha value is -4.62. The number of nitrogens with one attached hydrogen (secondary N) is 6. The number of rotatable bonds is 15. The van der Waals surface area contributed by atoms with E-state index in [0.717, 1.165) is 25.7 Å². The van der Waals surface area contributed by atoms with E-state index < -0.39 is 11.8 Å². The van der Waals surface area contributed by atoms with Gasteiger partial charge in [-0.15, -0.1) is 0 Å². The SMILES string of the molecule is N=C(N)CC(=O)Nc1cc(C(=O)NCCNC(=O)c2cc(NC(=O)CC(=N)N)cn2CC2CC2)n(CC2CC2)c1. The van der Waals surface area contributed by atoms with Crippen LogP contribution in [0.1, 0.15) is 59.5 Å². The van der Waals surface area contributed by atoms with Crippen molar-refractivity contribution in [3.8, 4) is 0 Å². The molecule has 4 rings (SSSR count). The van der Waals surface area contributed by atoms with Gasteiger partial charge in [0.15, 0.2) is 0 Å². The third-order valence-electron chi connectivity index (χ3n) is 6.53. The summed E-state index contributed by atoms with van der Waals surface area (Å²) in [6.07, 6.45) is 7.28. The Balaban J connectivity index is 1.32. The minimum atomic E-state index is -0.432. The molecule has 2 heterocycles. The molecule has 40 heavy (non-hydrogen) atoms. The zero-order chi connectivity index (χ0) is 28.8. The van der Waals surface area contributed by atoms with E-state index in [4.69, 9.17) is 22.3 Å². The van der Waals surface area contributed by atoms with Crippen LogP contribution in [0.15, 0.2) is 24.5 Å². The normalized spacial score (nSPS) is 14.3. The Bertz CT molecular complexity index is 1220. The fourth-order valence-corrected chi connectivity index (χ4v) is 4.29. The largest absolute Gasteiger partial charge is 0.387 e. The minimum absolute atomic E-state index is 0.177. The molecule has 0 bridgehead atoms. The topological polar surface area (TPSA) is 226 Å². The van der Waals surface area contributed by atoms with E-state index in [1.807, 2.05) is 9.13 Å². The molecule has 2 aromatic rings. The zero-order valence-corrected chi connectivity index (χ0v) is 22.2. The Morgan fingerprint density at radius 3 is 1.43 bits per heavy atom. The first kappa shape index (κ1) is 28.4. The molecular weight excluding hydrogens is 516 g/mol. The van der Waals surface area contributed by atoms with Crippen LogP contribution >= 0.6 is 0 Å². The molecule has 14 nitrogen and oxygen atoms in total. The van der Waals surface area contributed by atoms with E-state index >= 15 is 0 Å². The lowest BCUT2D eigenvalue weighted by atomic mass is 10.3. The molecule has 0 spiro atoms. The number of amidine groups is 2. The van der Waals surface area contributed by atoms with Crippen LogP contribution in [0.3, 0.4) is 0 Å². The fourth-order valence-electron chi connectivity index (χ4n) is 4.29. The summed E-state index contributed by atoms with van der Waals surface area (Å²) in [5, 5.41) is 25.5. The smallest absolute Gasteiger partial charge is 0.268 e. The molecule has 2 aliphatic rings. The van der Waals surface area contributed by atoms with Gasteiger partial charge in [0.2, 0.25) is 11.8 Å². The number of carbonyl (C=O) groups is 4. The Kier molecular flexibility index (Phi) is 8.86. The van der Waals surface area contributed by atoms with E-state index in [0.29, 0.717) is 47.7 Å². The molecular formula is C26H36N10O4. The highest BCUT2D eigenvalue weighted by molar-refractivity contribution is 6.05. The summed E-state index contributed by atoms with van der Waals surface area (Å²) in [5.74, 6) is -1.06. The van der Waals surface area contributed by atoms with Crippen molar-refractivity contribution in [2.24, 2.45) is 23.3 Å². The van der Waals surface area contributed by atoms with Crippen LogP contribution in [0.5, 0.6) is 0 Å². The molecule has 2 aromatic heterocycles. The third-order valence-corrected chi connectivity index (χ3v) is 6.53. The lowest BCUT2D eigenvalue weighted by molar-refractivity contribution is -0.116. The van der Waals surface area contributed by atoms with Crippen LogP contribution in [0.2, 0.25) is 0 Å². The number of amides is 4. The molecule has 0 atom stereocenters. The molecule has 2 aliphatic carbocycles. The Morgan fingerprint density at radius 2 is 1.10 bits per heavy atom. The predicted octanol–water partition coefficient (Wildman–Crippen LogP) is 0.799. The van der Waals surface area contributed by atoms with Gasteiger partial charge in [-0.25, -0.2) is 0 Å². The summed E-state index contributed by atoms with van der Waals surface area (Å²) >= 11 is 0. The minimum Gasteiger partial charge on any atom is -0.387 e. The van der Waals surface area contributed by atoms with Gasteiger partial charge in [0, 0.05) is 38.6 Å². The Morgan fingerprint density at radius 1 is 0.725 bits per heavy atom. The highest BCUT2D eigenvalue weighted by Gasteiger charge is 2.26. The monoisotopic (exact) mass is 552 g/mol. The second-order valence-electron chi connectivity index (χ2n) is 10.4. The summed E-state index contributed by atoms with van der Waals surface area (Å²) in [6.45, 7) is 1.67. The van der Waals surface area contributed by atoms with Crippen LogP contribution in [0.25, 0.3) is 0 Å². The van der Waals surface area contributed by atoms with Gasteiger partial charge >= 0.3 is 0 Å². The molecule has 0 saturated heterocycles. The summed E-state index contributed by atoms with van der Waals surface area (Å²) < 4.78 is 3.61. The van der Waals surface area contributed by atoms with Gasteiger partial charge < -0.3 is 41.9 Å². The summed E-state index contributed by atoms with van der Waals surface area (Å²) in [7, 11) is 0. The maximum Gasteiger partial charge on any atom is 0.268 e. The van der Waals surface area contributed by atoms with Crippen molar-refractivity contribution in [3.05, 3.63) is 35.9 Å². The lowest BCUT2D eigenvalue weighted by Gasteiger charge is -2.11. The maximum atomic E-state index is 12.9. The molecule has 4 amide bonds. The number of nitrogens with two attached hydrogens (primary N) is 2. The fraction of sp³-hybridized carbons (Fsp3) is 0.462. The molecule has 2 saturated carbocycles. The number of hydrogen-bond acceptors (Lipinski definition) is 6. The molecule has 214 valence electrons. The molecule has 10 N–H and O–H groups in total. The highest BCUT2D eigenvalue weighted by atomic mass is 16.2. The lowest BCUT2D eigenvalue weighted by Crippen LogP contribution is -2.36. The van der Waals surface area contributed by atoms with Crippen LogP contribution in [-0.4, -0.2) is 57.5 Å². The van der Waals surface area contributed by atoms with Crippen molar-refractivity contribution in [1.29, 1.82) is 10.8 Å². The van der Waals surface area contributed by atoms with Crippen LogP contribution in [0.4, 0.5) is 11.4 Å². The van der Waals surface area contributed by atoms with Crippen molar-refractivity contribution in [2.75, 3.05) is 23.7 Å². The van der Waals surface area contributed by atoms with Gasteiger partial charge in [-0.05, 0) is 49.7 Å². The number of nitrogens with zero attached hydrogens (tertiary/aromatic N) is 2. The first-order valence-corrected chi connectivity index (χ1v) is 13.3. The molecule has 2 fully saturated rings. The second kappa shape index (κ2) is 12.5. The summed E-state index contributed by atoms with van der Waals surface area (Å²) in [5.41, 5.74) is 12.3. The quantitative estimate of drug-likeness (QED) is 0.0905.